The molecule has 1 aliphatic heterocycles. The van der Waals surface area contributed by atoms with Crippen molar-refractivity contribution in [3.8, 4) is 0 Å². The molecule has 1 aromatic carbocycles. The van der Waals surface area contributed by atoms with Gasteiger partial charge < -0.3 is 14.9 Å². The molecule has 7 heteroatoms. The Balaban J connectivity index is 1.97. The second-order valence-electron chi connectivity index (χ2n) is 4.70. The lowest BCUT2D eigenvalue weighted by molar-refractivity contribution is -0.222. The standard InChI is InChI=1S/C14H14N2O5/c1-14(2)20-12(18)10(13(19)21-14)8-15-16-11(17)9-6-4-3-5-7-9/h3-8,15H,1-2H3,(H,16,17). The van der Waals surface area contributed by atoms with Crippen molar-refractivity contribution in [3.63, 3.8) is 0 Å². The predicted molar refractivity (Wildman–Crippen MR) is 71.4 cm³/mol. The summed E-state index contributed by atoms with van der Waals surface area (Å²) in [5.41, 5.74) is 4.80. The maximum Gasteiger partial charge on any atom is 0.350 e. The van der Waals surface area contributed by atoms with E-state index in [1.165, 1.54) is 13.8 Å². The van der Waals surface area contributed by atoms with E-state index >= 15 is 0 Å². The molecule has 0 saturated carbocycles. The van der Waals surface area contributed by atoms with Gasteiger partial charge in [-0.15, -0.1) is 0 Å². The molecule has 0 spiro atoms. The van der Waals surface area contributed by atoms with E-state index in [9.17, 15) is 14.4 Å². The van der Waals surface area contributed by atoms with Crippen LogP contribution >= 0.6 is 0 Å². The van der Waals surface area contributed by atoms with Crippen LogP contribution in [0.3, 0.4) is 0 Å². The molecule has 7 nitrogen and oxygen atoms in total. The van der Waals surface area contributed by atoms with E-state index in [1.807, 2.05) is 0 Å². The summed E-state index contributed by atoms with van der Waals surface area (Å²) in [7, 11) is 0. The maximum absolute atomic E-state index is 11.7. The summed E-state index contributed by atoms with van der Waals surface area (Å²) in [5, 5.41) is 0. The Labute approximate surface area is 120 Å². The average molecular weight is 290 g/mol. The van der Waals surface area contributed by atoms with Gasteiger partial charge in [-0.3, -0.25) is 10.2 Å². The highest BCUT2D eigenvalue weighted by Crippen LogP contribution is 2.21. The molecule has 0 aromatic heterocycles. The van der Waals surface area contributed by atoms with Crippen LogP contribution < -0.4 is 10.9 Å². The number of amides is 1. The molecule has 1 saturated heterocycles. The highest BCUT2D eigenvalue weighted by Gasteiger charge is 2.38. The summed E-state index contributed by atoms with van der Waals surface area (Å²) in [5.74, 6) is -3.35. The molecule has 0 atom stereocenters. The van der Waals surface area contributed by atoms with Crippen LogP contribution in [0.15, 0.2) is 42.1 Å². The number of nitrogens with one attached hydrogen (secondary N) is 2. The van der Waals surface area contributed by atoms with Crippen LogP contribution in [0.1, 0.15) is 24.2 Å². The lowest BCUT2D eigenvalue weighted by atomic mass is 10.2. The van der Waals surface area contributed by atoms with Crippen molar-refractivity contribution >= 4 is 17.8 Å². The highest BCUT2D eigenvalue weighted by atomic mass is 16.7. The Morgan fingerprint density at radius 3 is 2.24 bits per heavy atom. The quantitative estimate of drug-likeness (QED) is 0.367. The van der Waals surface area contributed by atoms with Gasteiger partial charge in [0.25, 0.3) is 11.7 Å². The van der Waals surface area contributed by atoms with Crippen molar-refractivity contribution < 1.29 is 23.9 Å². The zero-order chi connectivity index (χ0) is 15.5. The number of benzene rings is 1. The molecule has 1 aliphatic rings. The molecule has 21 heavy (non-hydrogen) atoms. The third kappa shape index (κ3) is 3.59. The van der Waals surface area contributed by atoms with Gasteiger partial charge in [0.05, 0.1) is 0 Å². The number of carbonyl (C=O) groups is 3. The number of esters is 2. The first-order valence-corrected chi connectivity index (χ1v) is 6.17. The topological polar surface area (TPSA) is 93.7 Å². The number of hydrogen-bond donors (Lipinski definition) is 2. The number of hydrazine groups is 1. The fourth-order valence-electron chi connectivity index (χ4n) is 1.61. The first-order valence-electron chi connectivity index (χ1n) is 6.17. The van der Waals surface area contributed by atoms with Gasteiger partial charge in [-0.2, -0.15) is 0 Å². The van der Waals surface area contributed by atoms with E-state index in [0.717, 1.165) is 6.20 Å². The SMILES string of the molecule is CC1(C)OC(=O)C(=CNNC(=O)c2ccccc2)C(=O)O1. The molecular formula is C14H14N2O5. The van der Waals surface area contributed by atoms with E-state index in [2.05, 4.69) is 10.9 Å². The Morgan fingerprint density at radius 1 is 1.10 bits per heavy atom. The van der Waals surface area contributed by atoms with Gasteiger partial charge >= 0.3 is 11.9 Å². The number of ether oxygens (including phenoxy) is 2. The maximum atomic E-state index is 11.7. The lowest BCUT2D eigenvalue weighted by Gasteiger charge is -2.29. The smallest absolute Gasteiger partial charge is 0.350 e. The van der Waals surface area contributed by atoms with Gasteiger partial charge in [-0.25, -0.2) is 9.59 Å². The van der Waals surface area contributed by atoms with Gasteiger partial charge in [0.15, 0.2) is 5.57 Å². The van der Waals surface area contributed by atoms with E-state index in [1.54, 1.807) is 30.3 Å². The molecule has 0 bridgehead atoms. The van der Waals surface area contributed by atoms with Crippen molar-refractivity contribution in [2.75, 3.05) is 0 Å². The van der Waals surface area contributed by atoms with Crippen LogP contribution in [0.5, 0.6) is 0 Å². The van der Waals surface area contributed by atoms with Crippen molar-refractivity contribution in [2.45, 2.75) is 19.6 Å². The van der Waals surface area contributed by atoms with Crippen LogP contribution in [0, 0.1) is 0 Å². The highest BCUT2D eigenvalue weighted by molar-refractivity contribution is 6.15. The zero-order valence-corrected chi connectivity index (χ0v) is 11.5. The van der Waals surface area contributed by atoms with E-state index in [-0.39, 0.29) is 5.57 Å². The molecule has 1 amide bonds. The normalized spacial score (nSPS) is 16.6. The fraction of sp³-hybridized carbons (Fsp3) is 0.214. The molecule has 1 aromatic rings. The van der Waals surface area contributed by atoms with E-state index in [0.29, 0.717) is 5.56 Å². The third-order valence-electron chi connectivity index (χ3n) is 2.55. The van der Waals surface area contributed by atoms with E-state index < -0.39 is 23.6 Å². The molecule has 0 unspecified atom stereocenters. The molecule has 2 N–H and O–H groups in total. The van der Waals surface area contributed by atoms with E-state index in [4.69, 9.17) is 9.47 Å². The van der Waals surface area contributed by atoms with Crippen molar-refractivity contribution in [3.05, 3.63) is 47.7 Å². The van der Waals surface area contributed by atoms with Crippen LogP contribution in [0.2, 0.25) is 0 Å². The minimum Gasteiger partial charge on any atom is -0.419 e. The first kappa shape index (κ1) is 14.6. The fourth-order valence-corrected chi connectivity index (χ4v) is 1.61. The van der Waals surface area contributed by atoms with Crippen LogP contribution in [-0.4, -0.2) is 23.6 Å². The minimum atomic E-state index is -1.29. The van der Waals surface area contributed by atoms with Gasteiger partial charge in [0.2, 0.25) is 0 Å². The zero-order valence-electron chi connectivity index (χ0n) is 11.5. The summed E-state index contributed by atoms with van der Waals surface area (Å²) in [6.07, 6.45) is 1.03. The van der Waals surface area contributed by atoms with Crippen LogP contribution in [-0.2, 0) is 19.1 Å². The average Bonchev–Trinajstić information content (AvgIpc) is 2.41. The molecule has 2 rings (SSSR count). The van der Waals surface area contributed by atoms with Gasteiger partial charge in [0.1, 0.15) is 0 Å². The molecule has 110 valence electrons. The van der Waals surface area contributed by atoms with Gasteiger partial charge in [0, 0.05) is 25.6 Å². The lowest BCUT2D eigenvalue weighted by Crippen LogP contribution is -2.43. The monoisotopic (exact) mass is 290 g/mol. The third-order valence-corrected chi connectivity index (χ3v) is 2.55. The molecule has 1 fully saturated rings. The molecule has 0 aliphatic carbocycles. The summed E-state index contributed by atoms with van der Waals surface area (Å²) < 4.78 is 9.79. The summed E-state index contributed by atoms with van der Waals surface area (Å²) in [6.45, 7) is 2.90. The van der Waals surface area contributed by atoms with Crippen LogP contribution in [0.25, 0.3) is 0 Å². The Bertz CT molecular complexity index is 585. The van der Waals surface area contributed by atoms with Crippen molar-refractivity contribution in [1.29, 1.82) is 0 Å². The largest absolute Gasteiger partial charge is 0.419 e. The molecule has 1 heterocycles. The number of cyclic esters (lactones) is 2. The Kier molecular flexibility index (Phi) is 3.93. The summed E-state index contributed by atoms with van der Waals surface area (Å²) in [4.78, 5) is 35.0. The molecule has 0 radical (unpaired) electrons. The van der Waals surface area contributed by atoms with Gasteiger partial charge in [-0.05, 0) is 12.1 Å². The number of hydrogen-bond acceptors (Lipinski definition) is 6. The summed E-state index contributed by atoms with van der Waals surface area (Å²) >= 11 is 0. The minimum absolute atomic E-state index is 0.331. The summed E-state index contributed by atoms with van der Waals surface area (Å²) in [6, 6.07) is 8.45. The van der Waals surface area contributed by atoms with Crippen LogP contribution in [0.4, 0.5) is 0 Å². The Morgan fingerprint density at radius 2 is 1.67 bits per heavy atom. The Hall–Kier alpha value is -2.83. The number of carbonyl (C=O) groups excluding carboxylic acids is 3. The second-order valence-corrected chi connectivity index (χ2v) is 4.70. The van der Waals surface area contributed by atoms with Crippen molar-refractivity contribution in [2.24, 2.45) is 0 Å². The van der Waals surface area contributed by atoms with Crippen molar-refractivity contribution in [1.82, 2.24) is 10.9 Å². The first-order chi connectivity index (χ1) is 9.89. The second kappa shape index (κ2) is 5.66. The molecular weight excluding hydrogens is 276 g/mol. The predicted octanol–water partition coefficient (Wildman–Crippen LogP) is 0.641. The van der Waals surface area contributed by atoms with Gasteiger partial charge in [-0.1, -0.05) is 18.2 Å². The number of rotatable bonds is 3.